The van der Waals surface area contributed by atoms with Gasteiger partial charge in [-0.3, -0.25) is 4.79 Å². The average molecular weight is 352 g/mol. The van der Waals surface area contributed by atoms with Crippen molar-refractivity contribution in [2.24, 2.45) is 5.92 Å². The third-order valence-corrected chi connectivity index (χ3v) is 5.04. The molecule has 2 saturated carbocycles. The van der Waals surface area contributed by atoms with Crippen LogP contribution < -0.4 is 0 Å². The van der Waals surface area contributed by atoms with Crippen molar-refractivity contribution >= 4 is 21.8 Å². The van der Waals surface area contributed by atoms with Gasteiger partial charge in [-0.15, -0.1) is 0 Å². The summed E-state index contributed by atoms with van der Waals surface area (Å²) in [6.45, 7) is 0.705. The monoisotopic (exact) mass is 351 g/mol. The lowest BCUT2D eigenvalue weighted by molar-refractivity contribution is -0.142. The van der Waals surface area contributed by atoms with Gasteiger partial charge in [-0.1, -0.05) is 35.2 Å². The maximum absolute atomic E-state index is 13.2. The zero-order valence-electron chi connectivity index (χ0n) is 11.9. The van der Waals surface area contributed by atoms with Gasteiger partial charge in [-0.25, -0.2) is 8.78 Å². The predicted molar refractivity (Wildman–Crippen MR) is 79.3 cm³/mol. The lowest BCUT2D eigenvalue weighted by Crippen LogP contribution is -2.46. The summed E-state index contributed by atoms with van der Waals surface area (Å²) in [6, 6.07) is 0.330. The fourth-order valence-corrected chi connectivity index (χ4v) is 3.86. The molecule has 2 aliphatic carbocycles. The number of alkyl halides is 3. The molecule has 0 aromatic rings. The number of rotatable bonds is 4. The highest BCUT2D eigenvalue weighted by atomic mass is 79.9. The minimum absolute atomic E-state index is 0.117. The van der Waals surface area contributed by atoms with E-state index in [2.05, 4.69) is 15.9 Å². The quantitative estimate of drug-likeness (QED) is 0.688. The Morgan fingerprint density at radius 1 is 1.10 bits per heavy atom. The standard InChI is InChI=1S/C15H24BrF2NO/c16-10-11-19(13-4-2-1-3-5-13)14(20)12-6-8-15(17,18)9-7-12/h12-13H,1-11H2. The molecular weight excluding hydrogens is 328 g/mol. The van der Waals surface area contributed by atoms with Crippen LogP contribution in [0.3, 0.4) is 0 Å². The number of carbonyl (C=O) groups is 1. The van der Waals surface area contributed by atoms with Gasteiger partial charge in [0.1, 0.15) is 0 Å². The number of hydrogen-bond donors (Lipinski definition) is 0. The van der Waals surface area contributed by atoms with Crippen molar-refractivity contribution in [2.75, 3.05) is 11.9 Å². The van der Waals surface area contributed by atoms with E-state index in [9.17, 15) is 13.6 Å². The smallest absolute Gasteiger partial charge is 0.248 e. The Hall–Kier alpha value is -0.190. The first-order valence-corrected chi connectivity index (χ1v) is 8.90. The van der Waals surface area contributed by atoms with Crippen LogP contribution in [-0.4, -0.2) is 34.6 Å². The van der Waals surface area contributed by atoms with Gasteiger partial charge in [0.2, 0.25) is 11.8 Å². The second-order valence-electron chi connectivity index (χ2n) is 6.14. The van der Waals surface area contributed by atoms with Gasteiger partial charge in [0.15, 0.2) is 0 Å². The highest BCUT2D eigenvalue weighted by Gasteiger charge is 2.39. The summed E-state index contributed by atoms with van der Waals surface area (Å²) < 4.78 is 26.4. The number of hydrogen-bond acceptors (Lipinski definition) is 1. The molecule has 1 amide bonds. The molecule has 0 heterocycles. The Balaban J connectivity index is 1.96. The zero-order chi connectivity index (χ0) is 14.6. The molecule has 0 radical (unpaired) electrons. The van der Waals surface area contributed by atoms with Crippen LogP contribution in [-0.2, 0) is 4.79 Å². The van der Waals surface area contributed by atoms with E-state index in [0.717, 1.165) is 18.2 Å². The maximum atomic E-state index is 13.2. The third kappa shape index (κ3) is 4.15. The molecule has 2 nitrogen and oxygen atoms in total. The minimum atomic E-state index is -2.55. The van der Waals surface area contributed by atoms with Crippen LogP contribution in [0, 0.1) is 5.92 Å². The molecule has 20 heavy (non-hydrogen) atoms. The molecule has 0 N–H and O–H groups in total. The molecule has 0 spiro atoms. The van der Waals surface area contributed by atoms with Crippen LogP contribution in [0.15, 0.2) is 0 Å². The fraction of sp³-hybridized carbons (Fsp3) is 0.933. The summed E-state index contributed by atoms with van der Waals surface area (Å²) in [4.78, 5) is 14.6. The first-order valence-electron chi connectivity index (χ1n) is 7.78. The SMILES string of the molecule is O=C(C1CCC(F)(F)CC1)N(CCBr)C1CCCCC1. The van der Waals surface area contributed by atoms with Crippen molar-refractivity contribution in [3.05, 3.63) is 0 Å². The summed E-state index contributed by atoms with van der Waals surface area (Å²) in [6.07, 6.45) is 6.19. The van der Waals surface area contributed by atoms with Gasteiger partial charge in [0, 0.05) is 36.7 Å². The second kappa shape index (κ2) is 7.19. The average Bonchev–Trinajstić information content (AvgIpc) is 2.45. The van der Waals surface area contributed by atoms with Crippen molar-refractivity contribution in [3.8, 4) is 0 Å². The molecule has 0 atom stereocenters. The van der Waals surface area contributed by atoms with Crippen molar-refractivity contribution in [2.45, 2.75) is 69.8 Å². The van der Waals surface area contributed by atoms with Gasteiger partial charge < -0.3 is 4.90 Å². The van der Waals surface area contributed by atoms with E-state index in [1.165, 1.54) is 19.3 Å². The highest BCUT2D eigenvalue weighted by Crippen LogP contribution is 2.37. The van der Waals surface area contributed by atoms with Gasteiger partial charge >= 0.3 is 0 Å². The fourth-order valence-electron chi connectivity index (χ4n) is 3.48. The molecule has 2 aliphatic rings. The normalized spacial score (nSPS) is 24.6. The Bertz CT molecular complexity index is 322. The van der Waals surface area contributed by atoms with Crippen LogP contribution in [0.5, 0.6) is 0 Å². The lowest BCUT2D eigenvalue weighted by atomic mass is 9.85. The summed E-state index contributed by atoms with van der Waals surface area (Å²) in [5.74, 6) is -2.62. The summed E-state index contributed by atoms with van der Waals surface area (Å²) in [5.41, 5.74) is 0. The molecule has 116 valence electrons. The number of nitrogens with zero attached hydrogens (tertiary/aromatic N) is 1. The van der Waals surface area contributed by atoms with E-state index in [0.29, 0.717) is 25.4 Å². The maximum Gasteiger partial charge on any atom is 0.248 e. The van der Waals surface area contributed by atoms with Gasteiger partial charge in [-0.05, 0) is 25.7 Å². The largest absolute Gasteiger partial charge is 0.339 e. The van der Waals surface area contributed by atoms with Gasteiger partial charge in [0.25, 0.3) is 0 Å². The van der Waals surface area contributed by atoms with Crippen molar-refractivity contribution < 1.29 is 13.6 Å². The van der Waals surface area contributed by atoms with Crippen LogP contribution in [0.2, 0.25) is 0 Å². The predicted octanol–water partition coefficient (Wildman–Crippen LogP) is 4.37. The third-order valence-electron chi connectivity index (χ3n) is 4.69. The Labute approximate surface area is 128 Å². The van der Waals surface area contributed by atoms with E-state index in [4.69, 9.17) is 0 Å². The zero-order valence-corrected chi connectivity index (χ0v) is 13.5. The van der Waals surface area contributed by atoms with Crippen molar-refractivity contribution in [1.29, 1.82) is 0 Å². The van der Waals surface area contributed by atoms with E-state index in [1.54, 1.807) is 0 Å². The second-order valence-corrected chi connectivity index (χ2v) is 6.94. The molecule has 0 bridgehead atoms. The van der Waals surface area contributed by atoms with Crippen LogP contribution in [0.1, 0.15) is 57.8 Å². The first-order chi connectivity index (χ1) is 9.53. The van der Waals surface area contributed by atoms with Crippen LogP contribution >= 0.6 is 15.9 Å². The Morgan fingerprint density at radius 2 is 1.70 bits per heavy atom. The van der Waals surface area contributed by atoms with Crippen LogP contribution in [0.4, 0.5) is 8.78 Å². The molecule has 2 fully saturated rings. The molecule has 0 aromatic heterocycles. The molecule has 0 unspecified atom stereocenters. The molecule has 0 aromatic carbocycles. The topological polar surface area (TPSA) is 20.3 Å². The van der Waals surface area contributed by atoms with Crippen molar-refractivity contribution in [1.82, 2.24) is 4.90 Å². The van der Waals surface area contributed by atoms with Gasteiger partial charge in [0.05, 0.1) is 0 Å². The number of halogens is 3. The summed E-state index contributed by atoms with van der Waals surface area (Å²) in [7, 11) is 0. The number of carbonyl (C=O) groups excluding carboxylic acids is 1. The van der Waals surface area contributed by atoms with E-state index < -0.39 is 5.92 Å². The first kappa shape index (κ1) is 16.2. The Morgan fingerprint density at radius 3 is 2.25 bits per heavy atom. The van der Waals surface area contributed by atoms with Crippen LogP contribution in [0.25, 0.3) is 0 Å². The van der Waals surface area contributed by atoms with E-state index in [-0.39, 0.29) is 24.7 Å². The van der Waals surface area contributed by atoms with E-state index >= 15 is 0 Å². The molecule has 2 rings (SSSR count). The Kier molecular flexibility index (Phi) is 5.82. The minimum Gasteiger partial charge on any atom is -0.339 e. The summed E-state index contributed by atoms with van der Waals surface area (Å²) >= 11 is 3.41. The highest BCUT2D eigenvalue weighted by molar-refractivity contribution is 9.09. The lowest BCUT2D eigenvalue weighted by Gasteiger charge is -2.38. The van der Waals surface area contributed by atoms with E-state index in [1.807, 2.05) is 4.90 Å². The summed E-state index contributed by atoms with van der Waals surface area (Å²) in [5, 5.41) is 0.762. The number of amides is 1. The molecule has 5 heteroatoms. The molecular formula is C15H24BrF2NO. The molecule has 0 aliphatic heterocycles. The molecule has 0 saturated heterocycles. The van der Waals surface area contributed by atoms with Crippen molar-refractivity contribution in [3.63, 3.8) is 0 Å². The van der Waals surface area contributed by atoms with Gasteiger partial charge in [-0.2, -0.15) is 0 Å².